The summed E-state index contributed by atoms with van der Waals surface area (Å²) in [5.74, 6) is 0.668. The van der Waals surface area contributed by atoms with Crippen LogP contribution in [-0.4, -0.2) is 53.4 Å². The predicted molar refractivity (Wildman–Crippen MR) is 111 cm³/mol. The van der Waals surface area contributed by atoms with Gasteiger partial charge in [-0.3, -0.25) is 4.79 Å². The predicted octanol–water partition coefficient (Wildman–Crippen LogP) is 3.17. The van der Waals surface area contributed by atoms with E-state index in [1.807, 2.05) is 6.92 Å². The van der Waals surface area contributed by atoms with E-state index in [2.05, 4.69) is 10.2 Å². The van der Waals surface area contributed by atoms with E-state index >= 15 is 0 Å². The zero-order chi connectivity index (χ0) is 21.8. The highest BCUT2D eigenvalue weighted by Crippen LogP contribution is 2.23. The standard InChI is InChI=1S/C21H24N4O5S/c1-2-10-24(15-19-22-23-20(30-19)18-9-6-13-29-18)21(26)16-7-5-8-17(14-16)31(27,28)25-11-3-4-12-25/h5-9,13-14H,2-4,10-12,15H2,1H3. The number of sulfonamides is 1. The number of carbonyl (C=O) groups excluding carboxylic acids is 1. The Balaban J connectivity index is 1.54. The number of hydrogen-bond acceptors (Lipinski definition) is 7. The minimum absolute atomic E-state index is 0.115. The Kier molecular flexibility index (Phi) is 6.19. The summed E-state index contributed by atoms with van der Waals surface area (Å²) in [6.07, 6.45) is 3.94. The van der Waals surface area contributed by atoms with Crippen molar-refractivity contribution in [1.29, 1.82) is 0 Å². The van der Waals surface area contributed by atoms with Crippen LogP contribution in [0.4, 0.5) is 0 Å². The quantitative estimate of drug-likeness (QED) is 0.525. The molecule has 0 atom stereocenters. The molecule has 164 valence electrons. The van der Waals surface area contributed by atoms with Crippen LogP contribution >= 0.6 is 0 Å². The van der Waals surface area contributed by atoms with Crippen LogP contribution in [0.3, 0.4) is 0 Å². The van der Waals surface area contributed by atoms with Crippen LogP contribution in [0.1, 0.15) is 42.4 Å². The minimum Gasteiger partial charge on any atom is -0.459 e. The van der Waals surface area contributed by atoms with Crippen molar-refractivity contribution < 1.29 is 22.0 Å². The second-order valence-corrected chi connectivity index (χ2v) is 9.28. The van der Waals surface area contributed by atoms with Gasteiger partial charge in [0.05, 0.1) is 17.7 Å². The maximum Gasteiger partial charge on any atom is 0.283 e. The average molecular weight is 445 g/mol. The molecule has 9 nitrogen and oxygen atoms in total. The molecule has 0 spiro atoms. The molecule has 10 heteroatoms. The van der Waals surface area contributed by atoms with Gasteiger partial charge in [0.1, 0.15) is 0 Å². The molecule has 0 saturated carbocycles. The number of aromatic nitrogens is 2. The van der Waals surface area contributed by atoms with Gasteiger partial charge in [0.2, 0.25) is 15.9 Å². The second-order valence-electron chi connectivity index (χ2n) is 7.34. The average Bonchev–Trinajstić information content (AvgIpc) is 3.55. The molecule has 0 radical (unpaired) electrons. The molecular weight excluding hydrogens is 420 g/mol. The van der Waals surface area contributed by atoms with Crippen LogP contribution < -0.4 is 0 Å². The topological polar surface area (TPSA) is 110 Å². The van der Waals surface area contributed by atoms with Gasteiger partial charge in [-0.25, -0.2) is 8.42 Å². The summed E-state index contributed by atoms with van der Waals surface area (Å²) in [6, 6.07) is 9.62. The van der Waals surface area contributed by atoms with Crippen LogP contribution in [0.5, 0.6) is 0 Å². The van der Waals surface area contributed by atoms with Gasteiger partial charge in [-0.05, 0) is 49.6 Å². The molecule has 3 heterocycles. The van der Waals surface area contributed by atoms with Crippen molar-refractivity contribution in [2.45, 2.75) is 37.6 Å². The molecule has 0 aliphatic carbocycles. The van der Waals surface area contributed by atoms with Crippen LogP contribution in [0, 0.1) is 0 Å². The summed E-state index contributed by atoms with van der Waals surface area (Å²) < 4.78 is 38.1. The molecule has 1 aliphatic heterocycles. The van der Waals surface area contributed by atoms with Gasteiger partial charge in [-0.1, -0.05) is 13.0 Å². The van der Waals surface area contributed by atoms with Gasteiger partial charge in [0.25, 0.3) is 11.8 Å². The number of furan rings is 1. The SMILES string of the molecule is CCCN(Cc1nnc(-c2ccco2)o1)C(=O)c1cccc(S(=O)(=O)N2CCCC2)c1. The van der Waals surface area contributed by atoms with Crippen molar-refractivity contribution in [3.8, 4) is 11.7 Å². The molecule has 1 fully saturated rings. The number of amides is 1. The van der Waals surface area contributed by atoms with Gasteiger partial charge in [0, 0.05) is 25.2 Å². The third-order valence-electron chi connectivity index (χ3n) is 5.09. The third kappa shape index (κ3) is 4.54. The summed E-state index contributed by atoms with van der Waals surface area (Å²) in [7, 11) is -3.60. The lowest BCUT2D eigenvalue weighted by Crippen LogP contribution is -2.32. The number of rotatable bonds is 8. The first-order valence-electron chi connectivity index (χ1n) is 10.2. The monoisotopic (exact) mass is 444 g/mol. The fraction of sp³-hybridized carbons (Fsp3) is 0.381. The summed E-state index contributed by atoms with van der Waals surface area (Å²) in [5, 5.41) is 7.97. The van der Waals surface area contributed by atoms with Crippen LogP contribution in [0.15, 0.2) is 56.4 Å². The molecule has 1 amide bonds. The maximum atomic E-state index is 13.2. The maximum absolute atomic E-state index is 13.2. The Morgan fingerprint density at radius 2 is 1.97 bits per heavy atom. The Bertz CT molecular complexity index is 1130. The lowest BCUT2D eigenvalue weighted by molar-refractivity contribution is 0.0728. The first-order chi connectivity index (χ1) is 15.0. The molecule has 4 rings (SSSR count). The van der Waals surface area contributed by atoms with Gasteiger partial charge >= 0.3 is 0 Å². The summed E-state index contributed by atoms with van der Waals surface area (Å²) >= 11 is 0. The van der Waals surface area contributed by atoms with Crippen molar-refractivity contribution in [3.63, 3.8) is 0 Å². The highest BCUT2D eigenvalue weighted by atomic mass is 32.2. The molecule has 3 aromatic rings. The number of nitrogens with zero attached hydrogens (tertiary/aromatic N) is 4. The zero-order valence-electron chi connectivity index (χ0n) is 17.2. The van der Waals surface area contributed by atoms with Gasteiger partial charge < -0.3 is 13.7 Å². The third-order valence-corrected chi connectivity index (χ3v) is 6.98. The molecular formula is C21H24N4O5S. The zero-order valence-corrected chi connectivity index (χ0v) is 18.0. The summed E-state index contributed by atoms with van der Waals surface area (Å²) in [6.45, 7) is 3.55. The lowest BCUT2D eigenvalue weighted by Gasteiger charge is -2.21. The highest BCUT2D eigenvalue weighted by molar-refractivity contribution is 7.89. The van der Waals surface area contributed by atoms with Gasteiger partial charge in [0.15, 0.2) is 5.76 Å². The number of carbonyl (C=O) groups is 1. The van der Waals surface area contributed by atoms with Crippen molar-refractivity contribution >= 4 is 15.9 Å². The second kappa shape index (κ2) is 9.03. The highest BCUT2D eigenvalue weighted by Gasteiger charge is 2.28. The minimum atomic E-state index is -3.60. The van der Waals surface area contributed by atoms with Crippen molar-refractivity contribution in [2.24, 2.45) is 0 Å². The smallest absolute Gasteiger partial charge is 0.283 e. The molecule has 31 heavy (non-hydrogen) atoms. The van der Waals surface area contributed by atoms with Crippen molar-refractivity contribution in [3.05, 3.63) is 54.1 Å². The molecule has 0 bridgehead atoms. The molecule has 2 aromatic heterocycles. The number of hydrogen-bond donors (Lipinski definition) is 0. The van der Waals surface area contributed by atoms with Crippen LogP contribution in [0.25, 0.3) is 11.7 Å². The van der Waals surface area contributed by atoms with Crippen LogP contribution in [0.2, 0.25) is 0 Å². The van der Waals surface area contributed by atoms with Gasteiger partial charge in [-0.2, -0.15) is 4.31 Å². The van der Waals surface area contributed by atoms with E-state index in [-0.39, 0.29) is 29.1 Å². The normalized spacial score (nSPS) is 14.7. The van der Waals surface area contributed by atoms with E-state index in [0.29, 0.717) is 31.0 Å². The summed E-state index contributed by atoms with van der Waals surface area (Å²) in [5.41, 5.74) is 0.305. The fourth-order valence-electron chi connectivity index (χ4n) is 3.55. The van der Waals surface area contributed by atoms with E-state index in [4.69, 9.17) is 8.83 Å². The first-order valence-corrected chi connectivity index (χ1v) is 11.7. The van der Waals surface area contributed by atoms with Crippen LogP contribution in [-0.2, 0) is 16.6 Å². The Labute approximate surface area is 180 Å². The molecule has 1 aromatic carbocycles. The van der Waals surface area contributed by atoms with E-state index in [0.717, 1.165) is 19.3 Å². The largest absolute Gasteiger partial charge is 0.459 e. The first kappa shape index (κ1) is 21.3. The fourth-order valence-corrected chi connectivity index (χ4v) is 5.12. The van der Waals surface area contributed by atoms with Crippen molar-refractivity contribution in [2.75, 3.05) is 19.6 Å². The molecule has 1 saturated heterocycles. The van der Waals surface area contributed by atoms with E-state index < -0.39 is 10.0 Å². The Morgan fingerprint density at radius 3 is 2.68 bits per heavy atom. The Morgan fingerprint density at radius 1 is 1.16 bits per heavy atom. The lowest BCUT2D eigenvalue weighted by atomic mass is 10.2. The molecule has 1 aliphatic rings. The van der Waals surface area contributed by atoms with Gasteiger partial charge in [-0.15, -0.1) is 10.2 Å². The van der Waals surface area contributed by atoms with E-state index in [9.17, 15) is 13.2 Å². The molecule has 0 unspecified atom stereocenters. The molecule has 0 N–H and O–H groups in total. The Hall–Kier alpha value is -2.98. The summed E-state index contributed by atoms with van der Waals surface area (Å²) in [4.78, 5) is 14.9. The van der Waals surface area contributed by atoms with E-state index in [1.54, 1.807) is 29.2 Å². The van der Waals surface area contributed by atoms with Crippen molar-refractivity contribution in [1.82, 2.24) is 19.4 Å². The van der Waals surface area contributed by atoms with E-state index in [1.165, 1.54) is 22.7 Å². The number of benzene rings is 1.